The van der Waals surface area contributed by atoms with Gasteiger partial charge in [-0.2, -0.15) is 5.26 Å². The minimum atomic E-state index is -0.968. The van der Waals surface area contributed by atoms with Crippen molar-refractivity contribution in [3.05, 3.63) is 29.8 Å². The maximum Gasteiger partial charge on any atom is 0.239 e. The molecule has 1 amide bonds. The topological polar surface area (TPSA) is 53.3 Å². The lowest BCUT2D eigenvalue weighted by Crippen LogP contribution is -2.35. The van der Waals surface area contributed by atoms with Crippen LogP contribution in [-0.4, -0.2) is 30.5 Å². The SMILES string of the molecule is CCN(CC)C(=O)C(C#N)CCCOc1ccc(F)c(F)c1. The number of ether oxygens (including phenoxy) is 1. The van der Waals surface area contributed by atoms with Crippen LogP contribution in [-0.2, 0) is 4.79 Å². The maximum atomic E-state index is 13.0. The Morgan fingerprint density at radius 1 is 1.32 bits per heavy atom. The van der Waals surface area contributed by atoms with Gasteiger partial charge in [-0.3, -0.25) is 4.79 Å². The summed E-state index contributed by atoms with van der Waals surface area (Å²) >= 11 is 0. The first kappa shape index (κ1) is 17.9. The smallest absolute Gasteiger partial charge is 0.239 e. The van der Waals surface area contributed by atoms with Gasteiger partial charge in [0, 0.05) is 19.2 Å². The molecule has 22 heavy (non-hydrogen) atoms. The first-order valence-corrected chi connectivity index (χ1v) is 7.29. The van der Waals surface area contributed by atoms with E-state index in [4.69, 9.17) is 10.00 Å². The fourth-order valence-electron chi connectivity index (χ4n) is 2.04. The third kappa shape index (κ3) is 4.99. The Balaban J connectivity index is 2.43. The lowest BCUT2D eigenvalue weighted by atomic mass is 10.0. The molecule has 0 saturated heterocycles. The summed E-state index contributed by atoms with van der Waals surface area (Å²) in [6.45, 7) is 5.09. The van der Waals surface area contributed by atoms with Gasteiger partial charge in [-0.1, -0.05) is 0 Å². The lowest BCUT2D eigenvalue weighted by molar-refractivity contribution is -0.133. The quantitative estimate of drug-likeness (QED) is 0.693. The summed E-state index contributed by atoms with van der Waals surface area (Å²) in [5.41, 5.74) is 0. The molecule has 1 atom stereocenters. The highest BCUT2D eigenvalue weighted by molar-refractivity contribution is 5.81. The molecule has 0 aliphatic heterocycles. The number of hydrogen-bond donors (Lipinski definition) is 0. The van der Waals surface area contributed by atoms with Crippen molar-refractivity contribution in [3.63, 3.8) is 0 Å². The van der Waals surface area contributed by atoms with Crippen molar-refractivity contribution < 1.29 is 18.3 Å². The number of benzene rings is 1. The standard InChI is InChI=1S/C16H20F2N2O2/c1-3-20(4-2)16(21)12(11-19)6-5-9-22-13-7-8-14(17)15(18)10-13/h7-8,10,12H,3-6,9H2,1-2H3. The van der Waals surface area contributed by atoms with Crippen LogP contribution >= 0.6 is 0 Å². The van der Waals surface area contributed by atoms with E-state index in [-0.39, 0.29) is 18.3 Å². The zero-order chi connectivity index (χ0) is 16.5. The lowest BCUT2D eigenvalue weighted by Gasteiger charge is -2.21. The van der Waals surface area contributed by atoms with E-state index in [0.29, 0.717) is 25.9 Å². The van der Waals surface area contributed by atoms with E-state index in [1.54, 1.807) is 4.90 Å². The van der Waals surface area contributed by atoms with Gasteiger partial charge in [-0.25, -0.2) is 8.78 Å². The van der Waals surface area contributed by atoms with Crippen LogP contribution in [0.5, 0.6) is 5.75 Å². The summed E-state index contributed by atoms with van der Waals surface area (Å²) in [6.07, 6.45) is 0.847. The number of rotatable bonds is 8. The predicted octanol–water partition coefficient (Wildman–Crippen LogP) is 3.13. The molecule has 0 saturated carbocycles. The third-order valence-electron chi connectivity index (χ3n) is 3.33. The van der Waals surface area contributed by atoms with E-state index in [1.807, 2.05) is 19.9 Å². The van der Waals surface area contributed by atoms with Gasteiger partial charge < -0.3 is 9.64 Å². The van der Waals surface area contributed by atoms with Crippen molar-refractivity contribution in [2.45, 2.75) is 26.7 Å². The molecule has 0 heterocycles. The summed E-state index contributed by atoms with van der Waals surface area (Å²) in [4.78, 5) is 13.7. The second kappa shape index (κ2) is 8.98. The molecule has 0 spiro atoms. The minimum absolute atomic E-state index is 0.180. The number of hydrogen-bond acceptors (Lipinski definition) is 3. The van der Waals surface area contributed by atoms with Crippen molar-refractivity contribution in [1.29, 1.82) is 5.26 Å². The van der Waals surface area contributed by atoms with Gasteiger partial charge in [0.1, 0.15) is 11.7 Å². The molecule has 0 radical (unpaired) electrons. The minimum Gasteiger partial charge on any atom is -0.493 e. The zero-order valence-electron chi connectivity index (χ0n) is 12.8. The van der Waals surface area contributed by atoms with Crippen LogP contribution in [0, 0.1) is 28.9 Å². The summed E-state index contributed by atoms with van der Waals surface area (Å²) < 4.78 is 31.0. The van der Waals surface area contributed by atoms with Crippen LogP contribution in [0.2, 0.25) is 0 Å². The van der Waals surface area contributed by atoms with E-state index in [9.17, 15) is 13.6 Å². The van der Waals surface area contributed by atoms with E-state index >= 15 is 0 Å². The summed E-state index contributed by atoms with van der Waals surface area (Å²) in [5.74, 6) is -2.55. The van der Waals surface area contributed by atoms with Gasteiger partial charge in [-0.05, 0) is 38.8 Å². The van der Waals surface area contributed by atoms with E-state index < -0.39 is 17.6 Å². The van der Waals surface area contributed by atoms with Crippen LogP contribution in [0.4, 0.5) is 8.78 Å². The van der Waals surface area contributed by atoms with Gasteiger partial charge in [-0.15, -0.1) is 0 Å². The molecule has 1 aromatic rings. The molecule has 0 bridgehead atoms. The Hall–Kier alpha value is -2.16. The Bertz CT molecular complexity index is 539. The molecular formula is C16H20F2N2O2. The van der Waals surface area contributed by atoms with Crippen molar-refractivity contribution in [2.24, 2.45) is 5.92 Å². The first-order valence-electron chi connectivity index (χ1n) is 7.29. The second-order valence-corrected chi connectivity index (χ2v) is 4.76. The Kier molecular flexibility index (Phi) is 7.30. The number of carbonyl (C=O) groups is 1. The Morgan fingerprint density at radius 2 is 2.00 bits per heavy atom. The highest BCUT2D eigenvalue weighted by Crippen LogP contribution is 2.16. The average Bonchev–Trinajstić information content (AvgIpc) is 2.52. The van der Waals surface area contributed by atoms with Crippen LogP contribution in [0.3, 0.4) is 0 Å². The molecule has 0 aliphatic carbocycles. The molecule has 0 aliphatic rings. The summed E-state index contributed by atoms with van der Waals surface area (Å²) in [5, 5.41) is 9.09. The molecular weight excluding hydrogens is 290 g/mol. The third-order valence-corrected chi connectivity index (χ3v) is 3.33. The van der Waals surface area contributed by atoms with Crippen molar-refractivity contribution >= 4 is 5.91 Å². The fourth-order valence-corrected chi connectivity index (χ4v) is 2.04. The van der Waals surface area contributed by atoms with Crippen LogP contribution in [0.15, 0.2) is 18.2 Å². The molecule has 0 aromatic heterocycles. The van der Waals surface area contributed by atoms with Crippen LogP contribution < -0.4 is 4.74 Å². The molecule has 120 valence electrons. The molecule has 4 nitrogen and oxygen atoms in total. The number of nitrogens with zero attached hydrogens (tertiary/aromatic N) is 2. The average molecular weight is 310 g/mol. The maximum absolute atomic E-state index is 13.0. The molecule has 1 rings (SSSR count). The Labute approximate surface area is 129 Å². The number of nitriles is 1. The van der Waals surface area contributed by atoms with Gasteiger partial charge in [0.15, 0.2) is 11.6 Å². The summed E-state index contributed by atoms with van der Waals surface area (Å²) in [7, 11) is 0. The summed E-state index contributed by atoms with van der Waals surface area (Å²) in [6, 6.07) is 5.31. The van der Waals surface area contributed by atoms with E-state index in [1.165, 1.54) is 6.07 Å². The largest absolute Gasteiger partial charge is 0.493 e. The van der Waals surface area contributed by atoms with E-state index in [0.717, 1.165) is 12.1 Å². The van der Waals surface area contributed by atoms with Crippen molar-refractivity contribution in [3.8, 4) is 11.8 Å². The van der Waals surface area contributed by atoms with E-state index in [2.05, 4.69) is 0 Å². The molecule has 1 unspecified atom stereocenters. The van der Waals surface area contributed by atoms with Crippen molar-refractivity contribution in [2.75, 3.05) is 19.7 Å². The van der Waals surface area contributed by atoms with Gasteiger partial charge >= 0.3 is 0 Å². The van der Waals surface area contributed by atoms with Crippen LogP contribution in [0.1, 0.15) is 26.7 Å². The predicted molar refractivity (Wildman–Crippen MR) is 78.1 cm³/mol. The number of amides is 1. The number of halogens is 2. The van der Waals surface area contributed by atoms with Gasteiger partial charge in [0.05, 0.1) is 12.7 Å². The monoisotopic (exact) mass is 310 g/mol. The normalized spacial score (nSPS) is 11.6. The second-order valence-electron chi connectivity index (χ2n) is 4.76. The zero-order valence-corrected chi connectivity index (χ0v) is 12.8. The highest BCUT2D eigenvalue weighted by atomic mass is 19.2. The number of carbonyl (C=O) groups excluding carboxylic acids is 1. The molecule has 1 aromatic carbocycles. The fraction of sp³-hybridized carbons (Fsp3) is 0.500. The Morgan fingerprint density at radius 3 is 2.55 bits per heavy atom. The molecule has 6 heteroatoms. The molecule has 0 N–H and O–H groups in total. The first-order chi connectivity index (χ1) is 10.5. The highest BCUT2D eigenvalue weighted by Gasteiger charge is 2.21. The molecule has 0 fully saturated rings. The van der Waals surface area contributed by atoms with Crippen LogP contribution in [0.25, 0.3) is 0 Å². The van der Waals surface area contributed by atoms with Gasteiger partial charge in [0.25, 0.3) is 0 Å². The van der Waals surface area contributed by atoms with Gasteiger partial charge in [0.2, 0.25) is 5.91 Å². The van der Waals surface area contributed by atoms with Crippen molar-refractivity contribution in [1.82, 2.24) is 4.90 Å².